The molecule has 96 valence electrons. The largest absolute Gasteiger partial charge is 0.370 e. The number of nitrogens with zero attached hydrogens (tertiary/aromatic N) is 2. The van der Waals surface area contributed by atoms with E-state index < -0.39 is 0 Å². The standard InChI is InChI=1S/C17H18N2/c1-13-8-14(2)10-16(9-13)12-19(3)17-6-4-15(11-18)5-7-17/h4-10H,12H2,1-3H3. The summed E-state index contributed by atoms with van der Waals surface area (Å²) in [6.07, 6.45) is 0. The molecule has 0 spiro atoms. The summed E-state index contributed by atoms with van der Waals surface area (Å²) in [5, 5.41) is 8.80. The van der Waals surface area contributed by atoms with E-state index in [-0.39, 0.29) is 0 Å². The normalized spacial score (nSPS) is 10.0. The molecule has 0 atom stereocenters. The summed E-state index contributed by atoms with van der Waals surface area (Å²) in [7, 11) is 2.07. The van der Waals surface area contributed by atoms with Crippen molar-refractivity contribution >= 4 is 5.69 Å². The van der Waals surface area contributed by atoms with Gasteiger partial charge < -0.3 is 4.90 Å². The summed E-state index contributed by atoms with van der Waals surface area (Å²) in [4.78, 5) is 2.19. The van der Waals surface area contributed by atoms with Crippen LogP contribution >= 0.6 is 0 Å². The minimum absolute atomic E-state index is 0.698. The fraction of sp³-hybridized carbons (Fsp3) is 0.235. The van der Waals surface area contributed by atoms with Gasteiger partial charge in [-0.15, -0.1) is 0 Å². The Kier molecular flexibility index (Phi) is 3.87. The lowest BCUT2D eigenvalue weighted by atomic mass is 10.1. The van der Waals surface area contributed by atoms with Crippen molar-refractivity contribution in [2.24, 2.45) is 0 Å². The maximum Gasteiger partial charge on any atom is 0.0991 e. The molecule has 0 unspecified atom stereocenters. The second-order valence-electron chi connectivity index (χ2n) is 5.01. The fourth-order valence-corrected chi connectivity index (χ4v) is 2.32. The van der Waals surface area contributed by atoms with Gasteiger partial charge in [-0.25, -0.2) is 0 Å². The Morgan fingerprint density at radius 3 is 2.11 bits per heavy atom. The summed E-state index contributed by atoms with van der Waals surface area (Å²) in [5.74, 6) is 0. The number of aryl methyl sites for hydroxylation is 2. The fourth-order valence-electron chi connectivity index (χ4n) is 2.32. The van der Waals surface area contributed by atoms with E-state index in [0.717, 1.165) is 12.2 Å². The molecule has 0 radical (unpaired) electrons. The van der Waals surface area contributed by atoms with Crippen LogP contribution in [-0.4, -0.2) is 7.05 Å². The monoisotopic (exact) mass is 250 g/mol. The van der Waals surface area contributed by atoms with E-state index in [1.54, 1.807) is 0 Å². The van der Waals surface area contributed by atoms with Crippen LogP contribution in [0, 0.1) is 25.2 Å². The summed E-state index contributed by atoms with van der Waals surface area (Å²) >= 11 is 0. The van der Waals surface area contributed by atoms with E-state index >= 15 is 0 Å². The van der Waals surface area contributed by atoms with Crippen LogP contribution in [-0.2, 0) is 6.54 Å². The maximum absolute atomic E-state index is 8.80. The lowest BCUT2D eigenvalue weighted by Gasteiger charge is -2.20. The molecule has 2 aromatic rings. The Bertz CT molecular complexity index is 586. The van der Waals surface area contributed by atoms with E-state index in [2.05, 4.69) is 50.1 Å². The highest BCUT2D eigenvalue weighted by atomic mass is 15.1. The van der Waals surface area contributed by atoms with E-state index in [4.69, 9.17) is 5.26 Å². The van der Waals surface area contributed by atoms with Gasteiger partial charge in [-0.3, -0.25) is 0 Å². The predicted octanol–water partition coefficient (Wildman–Crippen LogP) is 3.81. The van der Waals surface area contributed by atoms with Gasteiger partial charge in [0, 0.05) is 19.3 Å². The molecule has 0 aliphatic carbocycles. The molecule has 0 N–H and O–H groups in total. The van der Waals surface area contributed by atoms with Gasteiger partial charge in [0.1, 0.15) is 0 Å². The lowest BCUT2D eigenvalue weighted by molar-refractivity contribution is 0.919. The first-order valence-corrected chi connectivity index (χ1v) is 6.37. The van der Waals surface area contributed by atoms with Gasteiger partial charge in [-0.1, -0.05) is 29.3 Å². The zero-order valence-corrected chi connectivity index (χ0v) is 11.6. The molecule has 0 heterocycles. The minimum atomic E-state index is 0.698. The quantitative estimate of drug-likeness (QED) is 0.828. The zero-order chi connectivity index (χ0) is 13.8. The molecule has 0 amide bonds. The molecule has 2 heteroatoms. The SMILES string of the molecule is Cc1cc(C)cc(CN(C)c2ccc(C#N)cc2)c1. The van der Waals surface area contributed by atoms with Crippen LogP contribution in [0.5, 0.6) is 0 Å². The molecule has 0 aliphatic rings. The third kappa shape index (κ3) is 3.35. The third-order valence-corrected chi connectivity index (χ3v) is 3.14. The highest BCUT2D eigenvalue weighted by Gasteiger charge is 2.03. The molecule has 0 saturated carbocycles. The number of hydrogen-bond acceptors (Lipinski definition) is 2. The van der Waals surface area contributed by atoms with Crippen molar-refractivity contribution < 1.29 is 0 Å². The van der Waals surface area contributed by atoms with Crippen LogP contribution in [0.3, 0.4) is 0 Å². The summed E-state index contributed by atoms with van der Waals surface area (Å²) in [6.45, 7) is 5.12. The molecular formula is C17H18N2. The Labute approximate surface area is 114 Å². The second kappa shape index (κ2) is 5.58. The average molecular weight is 250 g/mol. The van der Waals surface area contributed by atoms with Gasteiger partial charge in [-0.05, 0) is 43.7 Å². The van der Waals surface area contributed by atoms with E-state index in [1.165, 1.54) is 16.7 Å². The van der Waals surface area contributed by atoms with Crippen LogP contribution in [0.25, 0.3) is 0 Å². The molecule has 0 fully saturated rings. The first-order chi connectivity index (χ1) is 9.08. The second-order valence-corrected chi connectivity index (χ2v) is 5.01. The van der Waals surface area contributed by atoms with Crippen LogP contribution < -0.4 is 4.90 Å². The van der Waals surface area contributed by atoms with E-state index in [1.807, 2.05) is 24.3 Å². The van der Waals surface area contributed by atoms with Gasteiger partial charge in [0.15, 0.2) is 0 Å². The molecule has 0 aliphatic heterocycles. The van der Waals surface area contributed by atoms with Crippen molar-refractivity contribution in [2.75, 3.05) is 11.9 Å². The van der Waals surface area contributed by atoms with Crippen molar-refractivity contribution in [1.29, 1.82) is 5.26 Å². The first kappa shape index (κ1) is 13.2. The predicted molar refractivity (Wildman–Crippen MR) is 79.2 cm³/mol. The number of rotatable bonds is 3. The Balaban J connectivity index is 2.15. The summed E-state index contributed by atoms with van der Waals surface area (Å²) in [5.41, 5.74) is 5.72. The molecular weight excluding hydrogens is 232 g/mol. The van der Waals surface area contributed by atoms with Crippen molar-refractivity contribution in [3.8, 4) is 6.07 Å². The van der Waals surface area contributed by atoms with E-state index in [9.17, 15) is 0 Å². The smallest absolute Gasteiger partial charge is 0.0991 e. The number of anilines is 1. The molecule has 2 aromatic carbocycles. The Morgan fingerprint density at radius 1 is 1.00 bits per heavy atom. The number of nitriles is 1. The van der Waals surface area contributed by atoms with Gasteiger partial charge in [0.25, 0.3) is 0 Å². The van der Waals surface area contributed by atoms with Gasteiger partial charge in [0.05, 0.1) is 11.6 Å². The van der Waals surface area contributed by atoms with Gasteiger partial charge >= 0.3 is 0 Å². The molecule has 19 heavy (non-hydrogen) atoms. The third-order valence-electron chi connectivity index (χ3n) is 3.14. The molecule has 0 bridgehead atoms. The molecule has 0 aromatic heterocycles. The van der Waals surface area contributed by atoms with Crippen LogP contribution in [0.2, 0.25) is 0 Å². The van der Waals surface area contributed by atoms with Gasteiger partial charge in [0.2, 0.25) is 0 Å². The molecule has 2 nitrogen and oxygen atoms in total. The Hall–Kier alpha value is -2.27. The zero-order valence-electron chi connectivity index (χ0n) is 11.6. The van der Waals surface area contributed by atoms with Crippen LogP contribution in [0.4, 0.5) is 5.69 Å². The van der Waals surface area contributed by atoms with Crippen LogP contribution in [0.15, 0.2) is 42.5 Å². The van der Waals surface area contributed by atoms with E-state index in [0.29, 0.717) is 5.56 Å². The Morgan fingerprint density at radius 2 is 1.58 bits per heavy atom. The van der Waals surface area contributed by atoms with Crippen molar-refractivity contribution in [1.82, 2.24) is 0 Å². The molecule has 0 saturated heterocycles. The highest BCUT2D eigenvalue weighted by molar-refractivity contribution is 5.49. The summed E-state index contributed by atoms with van der Waals surface area (Å²) < 4.78 is 0. The van der Waals surface area contributed by atoms with Gasteiger partial charge in [-0.2, -0.15) is 5.26 Å². The number of hydrogen-bond donors (Lipinski definition) is 0. The van der Waals surface area contributed by atoms with Crippen molar-refractivity contribution in [3.63, 3.8) is 0 Å². The van der Waals surface area contributed by atoms with Crippen molar-refractivity contribution in [2.45, 2.75) is 20.4 Å². The topological polar surface area (TPSA) is 27.0 Å². The number of benzene rings is 2. The van der Waals surface area contributed by atoms with Crippen LogP contribution in [0.1, 0.15) is 22.3 Å². The lowest BCUT2D eigenvalue weighted by Crippen LogP contribution is -2.16. The average Bonchev–Trinajstić information content (AvgIpc) is 2.37. The minimum Gasteiger partial charge on any atom is -0.370 e. The highest BCUT2D eigenvalue weighted by Crippen LogP contribution is 2.17. The first-order valence-electron chi connectivity index (χ1n) is 6.37. The maximum atomic E-state index is 8.80. The van der Waals surface area contributed by atoms with Crippen molar-refractivity contribution in [3.05, 3.63) is 64.7 Å². The summed E-state index contributed by atoms with van der Waals surface area (Å²) in [6, 6.07) is 16.4. The molecule has 2 rings (SSSR count).